The third kappa shape index (κ3) is 2.81. The Hall–Kier alpha value is -3.19. The average Bonchev–Trinajstić information content (AvgIpc) is 3.17. The van der Waals surface area contributed by atoms with Gasteiger partial charge in [-0.1, -0.05) is 29.8 Å². The number of amides is 2. The predicted octanol–water partition coefficient (Wildman–Crippen LogP) is 2.08. The summed E-state index contributed by atoms with van der Waals surface area (Å²) in [6.45, 7) is 3.52. The first-order valence-electron chi connectivity index (χ1n) is 9.37. The van der Waals surface area contributed by atoms with Gasteiger partial charge in [0.05, 0.1) is 24.6 Å². The normalized spacial score (nSPS) is 28.5. The van der Waals surface area contributed by atoms with Gasteiger partial charge < -0.3 is 9.84 Å². The molecule has 0 spiro atoms. The number of hydrogen-bond acceptors (Lipinski definition) is 6. The van der Waals surface area contributed by atoms with Gasteiger partial charge in [0.2, 0.25) is 11.8 Å². The molecule has 2 amide bonds. The van der Waals surface area contributed by atoms with Crippen LogP contribution in [0.5, 0.6) is 5.75 Å². The maximum absolute atomic E-state index is 13.4. The number of phenols is 1. The number of carbonyl (C=O) groups excluding carboxylic acids is 3. The number of nitrogens with one attached hydrogen (secondary N) is 1. The molecule has 0 aliphatic carbocycles. The van der Waals surface area contributed by atoms with Crippen molar-refractivity contribution in [2.45, 2.75) is 25.4 Å². The van der Waals surface area contributed by atoms with E-state index in [2.05, 4.69) is 5.32 Å². The van der Waals surface area contributed by atoms with Gasteiger partial charge in [0, 0.05) is 6.04 Å². The predicted molar refractivity (Wildman–Crippen MR) is 105 cm³/mol. The van der Waals surface area contributed by atoms with E-state index < -0.39 is 35.3 Å². The molecule has 0 bridgehead atoms. The number of methoxy groups -OCH3 is 1. The standard InChI is InChI=1S/C22H22N2O5/c1-12-4-8-14(9-5-12)24-19(26)16-17(20(24)27)22(2,21(28)29-3)23-18(16)13-6-10-15(25)11-7-13/h4-11,16-18,23,25H,1-3H3/t16-,17-,18-,22-/m1/s1. The third-order valence-corrected chi connectivity index (χ3v) is 5.94. The van der Waals surface area contributed by atoms with Gasteiger partial charge >= 0.3 is 5.97 Å². The van der Waals surface area contributed by atoms with Crippen LogP contribution in [0.25, 0.3) is 0 Å². The fraction of sp³-hybridized carbons (Fsp3) is 0.318. The number of carbonyl (C=O) groups is 3. The van der Waals surface area contributed by atoms with Crippen LogP contribution in [0.3, 0.4) is 0 Å². The lowest BCUT2D eigenvalue weighted by molar-refractivity contribution is -0.151. The molecule has 0 radical (unpaired) electrons. The number of benzene rings is 2. The summed E-state index contributed by atoms with van der Waals surface area (Å²) in [6.07, 6.45) is 0. The molecule has 0 unspecified atom stereocenters. The van der Waals surface area contributed by atoms with Gasteiger partial charge in [-0.3, -0.25) is 19.7 Å². The summed E-state index contributed by atoms with van der Waals surface area (Å²) in [5.41, 5.74) is 0.846. The van der Waals surface area contributed by atoms with E-state index >= 15 is 0 Å². The molecule has 7 nitrogen and oxygen atoms in total. The van der Waals surface area contributed by atoms with Crippen molar-refractivity contribution in [3.63, 3.8) is 0 Å². The van der Waals surface area contributed by atoms with Gasteiger partial charge in [0.25, 0.3) is 0 Å². The first-order chi connectivity index (χ1) is 13.8. The van der Waals surface area contributed by atoms with Crippen LogP contribution < -0.4 is 10.2 Å². The monoisotopic (exact) mass is 394 g/mol. The molecule has 0 aromatic heterocycles. The number of esters is 1. The Kier molecular flexibility index (Phi) is 4.42. The molecule has 2 saturated heterocycles. The van der Waals surface area contributed by atoms with Gasteiger partial charge in [-0.25, -0.2) is 4.90 Å². The highest BCUT2D eigenvalue weighted by atomic mass is 16.5. The van der Waals surface area contributed by atoms with E-state index in [4.69, 9.17) is 4.74 Å². The summed E-state index contributed by atoms with van der Waals surface area (Å²) in [7, 11) is 1.26. The summed E-state index contributed by atoms with van der Waals surface area (Å²) in [4.78, 5) is 40.6. The highest BCUT2D eigenvalue weighted by Gasteiger charge is 2.67. The van der Waals surface area contributed by atoms with Gasteiger partial charge in [-0.05, 0) is 43.7 Å². The van der Waals surface area contributed by atoms with Crippen molar-refractivity contribution >= 4 is 23.5 Å². The number of anilines is 1. The molecule has 150 valence electrons. The van der Waals surface area contributed by atoms with Gasteiger partial charge in [-0.2, -0.15) is 0 Å². The summed E-state index contributed by atoms with van der Waals surface area (Å²) in [5.74, 6) is -2.96. The molecule has 2 aromatic rings. The zero-order valence-electron chi connectivity index (χ0n) is 16.4. The minimum Gasteiger partial charge on any atom is -0.508 e. The number of fused-ring (bicyclic) bond motifs is 1. The van der Waals surface area contributed by atoms with Crippen LogP contribution in [-0.2, 0) is 19.1 Å². The minimum absolute atomic E-state index is 0.0918. The molecule has 2 aliphatic heterocycles. The number of rotatable bonds is 3. The van der Waals surface area contributed by atoms with Crippen molar-refractivity contribution in [1.29, 1.82) is 0 Å². The van der Waals surface area contributed by atoms with Crippen LogP contribution in [0.4, 0.5) is 5.69 Å². The number of aryl methyl sites for hydroxylation is 1. The van der Waals surface area contributed by atoms with Crippen molar-refractivity contribution < 1.29 is 24.2 Å². The lowest BCUT2D eigenvalue weighted by Crippen LogP contribution is -2.54. The molecular weight excluding hydrogens is 372 g/mol. The SMILES string of the molecule is COC(=O)[C@]1(C)N[C@H](c2ccc(O)cc2)[C@@H]2C(=O)N(c3ccc(C)cc3)C(=O)[C@@H]21. The number of ether oxygens (including phenoxy) is 1. The van der Waals surface area contributed by atoms with Gasteiger partial charge in [0.15, 0.2) is 0 Å². The van der Waals surface area contributed by atoms with Crippen LogP contribution in [0.1, 0.15) is 24.1 Å². The molecule has 2 fully saturated rings. The molecule has 29 heavy (non-hydrogen) atoms. The minimum atomic E-state index is -1.35. The Balaban J connectivity index is 1.81. The van der Waals surface area contributed by atoms with E-state index in [1.807, 2.05) is 19.1 Å². The smallest absolute Gasteiger partial charge is 0.326 e. The number of imide groups is 1. The first-order valence-corrected chi connectivity index (χ1v) is 9.37. The van der Waals surface area contributed by atoms with Gasteiger partial charge in [0.1, 0.15) is 11.3 Å². The highest BCUT2D eigenvalue weighted by Crippen LogP contribution is 2.50. The van der Waals surface area contributed by atoms with Crippen LogP contribution >= 0.6 is 0 Å². The Labute approximate surface area is 168 Å². The van der Waals surface area contributed by atoms with E-state index in [0.717, 1.165) is 5.56 Å². The van der Waals surface area contributed by atoms with Gasteiger partial charge in [-0.15, -0.1) is 0 Å². The largest absolute Gasteiger partial charge is 0.508 e. The Morgan fingerprint density at radius 3 is 2.28 bits per heavy atom. The summed E-state index contributed by atoms with van der Waals surface area (Å²) >= 11 is 0. The van der Waals surface area contributed by atoms with E-state index in [1.165, 1.54) is 24.1 Å². The quantitative estimate of drug-likeness (QED) is 0.611. The van der Waals surface area contributed by atoms with E-state index in [9.17, 15) is 19.5 Å². The average molecular weight is 394 g/mol. The maximum atomic E-state index is 13.4. The molecule has 4 atom stereocenters. The van der Waals surface area contributed by atoms with Crippen molar-refractivity contribution in [2.24, 2.45) is 11.8 Å². The molecule has 2 aliphatic rings. The Morgan fingerprint density at radius 1 is 1.07 bits per heavy atom. The van der Waals surface area contributed by atoms with Crippen LogP contribution in [0.2, 0.25) is 0 Å². The number of nitrogens with zero attached hydrogens (tertiary/aromatic N) is 1. The molecule has 4 rings (SSSR count). The number of hydrogen-bond donors (Lipinski definition) is 2. The van der Waals surface area contributed by atoms with Crippen LogP contribution in [-0.4, -0.2) is 35.5 Å². The molecular formula is C22H22N2O5. The molecule has 0 saturated carbocycles. The van der Waals surface area contributed by atoms with Crippen LogP contribution in [0.15, 0.2) is 48.5 Å². The summed E-state index contributed by atoms with van der Waals surface area (Å²) < 4.78 is 4.97. The van der Waals surface area contributed by atoms with E-state index in [1.54, 1.807) is 31.2 Å². The second kappa shape index (κ2) is 6.70. The van der Waals surface area contributed by atoms with Crippen molar-refractivity contribution in [3.8, 4) is 5.75 Å². The Bertz CT molecular complexity index is 985. The second-order valence-electron chi connectivity index (χ2n) is 7.76. The van der Waals surface area contributed by atoms with Crippen molar-refractivity contribution in [2.75, 3.05) is 12.0 Å². The first kappa shape index (κ1) is 19.1. The van der Waals surface area contributed by atoms with Crippen molar-refractivity contribution in [1.82, 2.24) is 5.32 Å². The highest BCUT2D eigenvalue weighted by molar-refractivity contribution is 6.24. The van der Waals surface area contributed by atoms with Crippen molar-refractivity contribution in [3.05, 3.63) is 59.7 Å². The number of aromatic hydroxyl groups is 1. The van der Waals surface area contributed by atoms with E-state index in [0.29, 0.717) is 11.3 Å². The molecule has 2 aromatic carbocycles. The fourth-order valence-electron chi connectivity index (χ4n) is 4.46. The zero-order chi connectivity index (χ0) is 20.9. The zero-order valence-corrected chi connectivity index (χ0v) is 16.4. The van der Waals surface area contributed by atoms with Crippen LogP contribution in [0, 0.1) is 18.8 Å². The third-order valence-electron chi connectivity index (χ3n) is 5.94. The molecule has 2 heterocycles. The number of phenolic OH excluding ortho intramolecular Hbond substituents is 1. The fourth-order valence-corrected chi connectivity index (χ4v) is 4.46. The lowest BCUT2D eigenvalue weighted by atomic mass is 9.80. The topological polar surface area (TPSA) is 95.9 Å². The Morgan fingerprint density at radius 2 is 1.69 bits per heavy atom. The van der Waals surface area contributed by atoms with E-state index in [-0.39, 0.29) is 11.7 Å². The maximum Gasteiger partial charge on any atom is 0.326 e. The summed E-state index contributed by atoms with van der Waals surface area (Å²) in [5, 5.41) is 12.8. The second-order valence-corrected chi connectivity index (χ2v) is 7.76. The lowest BCUT2D eigenvalue weighted by Gasteiger charge is -2.28. The molecule has 7 heteroatoms. The molecule has 2 N–H and O–H groups in total. The summed E-state index contributed by atoms with van der Waals surface area (Å²) in [6, 6.07) is 12.9.